The molecule has 0 spiro atoms. The van der Waals surface area contributed by atoms with E-state index in [0.29, 0.717) is 49.8 Å². The molecular weight excluding hydrogens is 1310 g/mol. The van der Waals surface area contributed by atoms with Crippen LogP contribution in [0.15, 0.2) is 138 Å². The topological polar surface area (TPSA) is 437 Å². The molecule has 0 bridgehead atoms. The number of guanidine groups is 1. The van der Waals surface area contributed by atoms with Gasteiger partial charge in [-0.3, -0.25) is 73.6 Å². The van der Waals surface area contributed by atoms with Gasteiger partial charge in [0.2, 0.25) is 29.5 Å². The van der Waals surface area contributed by atoms with E-state index in [-0.39, 0.29) is 154 Å². The molecule has 5 atom stereocenters. The van der Waals surface area contributed by atoms with Crippen LogP contribution in [0.3, 0.4) is 0 Å². The summed E-state index contributed by atoms with van der Waals surface area (Å²) in [5.74, 6) is -6.08. The van der Waals surface area contributed by atoms with Gasteiger partial charge in [0.15, 0.2) is 12.2 Å². The average Bonchev–Trinajstić information content (AvgIpc) is 0.833. The fourth-order valence-corrected chi connectivity index (χ4v) is 11.3. The van der Waals surface area contributed by atoms with Crippen molar-refractivity contribution >= 4 is 71.4 Å². The Labute approximate surface area is 593 Å². The maximum atomic E-state index is 14.5. The first-order valence-electron chi connectivity index (χ1n) is 34.3. The Bertz CT molecular complexity index is 3470. The Morgan fingerprint density at radius 1 is 0.539 bits per heavy atom. The van der Waals surface area contributed by atoms with Crippen LogP contribution in [0.4, 0.5) is 10.5 Å². The fraction of sp³-hybridized carbons (Fsp3) is 0.431. The minimum absolute atomic E-state index is 0.0685. The van der Waals surface area contributed by atoms with Gasteiger partial charge in [0.1, 0.15) is 18.0 Å². The van der Waals surface area contributed by atoms with Crippen molar-refractivity contribution in [1.29, 1.82) is 0 Å². The molecule has 1 heterocycles. The standard InChI is InChI=1S/C72H98N16O14/c1-2-62(91)76-34-35-80-72(102)84-71(74)79-31-10-17-59(68(99)81-45-51-20-28-57(90)29-21-51)83-70(101)66(54-14-7-4-8-15-54)55-24-26-56(27-25-55)75-32-11-33-77-67(98)58(73)16-9-30-78-69(100)60(44-50-18-22-53(23-19-50)52-12-5-3-6-13-52)82-61(49-89)88-42-40-86(47-64(94)95)38-36-85(46-63(92)93)37-39-87(41-43-88)48-65(96)97/h3-8,12-15,18-29,49,58-61,66,75,82,90H,2,9-11,16-17,30-48,73H2,1H3,(H,76,91)(H,77,98)(H,78,100)(H,81,99)(H,83,101)(H,92,93)(H,94,95)(H,96,97)(H4,74,79,80,84,102)/t58-,59-,60-,61?,66?/m1/s1. The Morgan fingerprint density at radius 2 is 1.07 bits per heavy atom. The number of aromatic hydroxyl groups is 1. The number of amides is 7. The lowest BCUT2D eigenvalue weighted by Crippen LogP contribution is -2.58. The molecule has 5 aromatic carbocycles. The van der Waals surface area contributed by atoms with Crippen molar-refractivity contribution in [2.45, 2.75) is 88.6 Å². The van der Waals surface area contributed by atoms with Crippen molar-refractivity contribution in [1.82, 2.24) is 62.1 Å². The van der Waals surface area contributed by atoms with E-state index in [1.807, 2.05) is 109 Å². The summed E-state index contributed by atoms with van der Waals surface area (Å²) in [7, 11) is 0. The van der Waals surface area contributed by atoms with Gasteiger partial charge in [-0.25, -0.2) is 4.79 Å². The molecule has 102 heavy (non-hydrogen) atoms. The van der Waals surface area contributed by atoms with Crippen molar-refractivity contribution in [3.63, 3.8) is 0 Å². The lowest BCUT2D eigenvalue weighted by atomic mass is 9.90. The molecule has 5 aromatic rings. The predicted molar refractivity (Wildman–Crippen MR) is 385 cm³/mol. The fourth-order valence-electron chi connectivity index (χ4n) is 11.3. The average molecular weight is 1410 g/mol. The molecule has 30 heteroatoms. The maximum absolute atomic E-state index is 14.5. The van der Waals surface area contributed by atoms with Gasteiger partial charge in [-0.1, -0.05) is 116 Å². The predicted octanol–water partition coefficient (Wildman–Crippen LogP) is 1.26. The number of benzene rings is 5. The third-order valence-electron chi connectivity index (χ3n) is 16.9. The van der Waals surface area contributed by atoms with Crippen molar-refractivity contribution in [3.05, 3.63) is 156 Å². The molecule has 1 aliphatic heterocycles. The second kappa shape index (κ2) is 44.0. The molecule has 550 valence electrons. The van der Waals surface area contributed by atoms with Gasteiger partial charge in [0.25, 0.3) is 0 Å². The van der Waals surface area contributed by atoms with E-state index in [1.54, 1.807) is 38.7 Å². The zero-order valence-electron chi connectivity index (χ0n) is 57.6. The lowest BCUT2D eigenvalue weighted by molar-refractivity contribution is -0.140. The molecule has 17 N–H and O–H groups in total. The van der Waals surface area contributed by atoms with Crippen LogP contribution in [0.25, 0.3) is 11.1 Å². The number of nitrogens with one attached hydrogen (secondary N) is 9. The second-order valence-corrected chi connectivity index (χ2v) is 24.6. The summed E-state index contributed by atoms with van der Waals surface area (Å²) in [4.78, 5) is 139. The van der Waals surface area contributed by atoms with Gasteiger partial charge in [-0.15, -0.1) is 0 Å². The molecule has 7 amide bonds. The van der Waals surface area contributed by atoms with Crippen molar-refractivity contribution in [2.75, 3.05) is 117 Å². The third-order valence-corrected chi connectivity index (χ3v) is 16.9. The monoisotopic (exact) mass is 1410 g/mol. The Balaban J connectivity index is 1.02. The molecule has 0 aromatic heterocycles. The van der Waals surface area contributed by atoms with E-state index < -0.39 is 71.9 Å². The van der Waals surface area contributed by atoms with Gasteiger partial charge in [-0.2, -0.15) is 0 Å². The zero-order valence-corrected chi connectivity index (χ0v) is 57.6. The number of anilines is 1. The number of phenols is 1. The SMILES string of the molecule is CCC(=O)NCCNC(=O)NC(N)=NCCC[C@@H](NC(=O)C(c1ccccc1)c1ccc(NCCCNC(=O)[C@H](N)CCCNC(=O)[C@@H](Cc2ccc(-c3ccccc3)cc2)NC(C=O)N2CCN(CC(=O)O)CCN(CC(=O)O)CCN(CC(=O)O)CC2)cc1)C(=O)NCc1ccc(O)cc1. The first-order valence-corrected chi connectivity index (χ1v) is 34.3. The number of aliphatic carboxylic acids is 3. The van der Waals surface area contributed by atoms with Crippen LogP contribution < -0.4 is 59.3 Å². The number of aldehydes is 1. The van der Waals surface area contributed by atoms with E-state index in [4.69, 9.17) is 11.5 Å². The number of aliphatic imine (C=N–C) groups is 1. The van der Waals surface area contributed by atoms with Crippen LogP contribution in [0.1, 0.15) is 73.6 Å². The molecular formula is C72H98N16O14. The van der Waals surface area contributed by atoms with Crippen LogP contribution in [-0.2, 0) is 56.1 Å². The van der Waals surface area contributed by atoms with Crippen molar-refractivity contribution in [2.24, 2.45) is 16.5 Å². The van der Waals surface area contributed by atoms with E-state index in [9.17, 15) is 68.4 Å². The summed E-state index contributed by atoms with van der Waals surface area (Å²) in [6.45, 7) is 3.46. The highest BCUT2D eigenvalue weighted by Gasteiger charge is 2.31. The summed E-state index contributed by atoms with van der Waals surface area (Å²) in [5, 5.41) is 64.9. The summed E-state index contributed by atoms with van der Waals surface area (Å²) < 4.78 is 0. The molecule has 0 aliphatic carbocycles. The number of nitrogens with two attached hydrogens (primary N) is 2. The molecule has 1 aliphatic rings. The van der Waals surface area contributed by atoms with Gasteiger partial charge >= 0.3 is 23.9 Å². The van der Waals surface area contributed by atoms with Crippen LogP contribution in [0.2, 0.25) is 0 Å². The van der Waals surface area contributed by atoms with Crippen LogP contribution in [0.5, 0.6) is 5.75 Å². The van der Waals surface area contributed by atoms with Gasteiger partial charge in [0, 0.05) is 110 Å². The number of hydrogen-bond donors (Lipinski definition) is 15. The summed E-state index contributed by atoms with van der Waals surface area (Å²) in [5.41, 5.74) is 17.8. The highest BCUT2D eigenvalue weighted by molar-refractivity contribution is 5.95. The smallest absolute Gasteiger partial charge is 0.321 e. The molecule has 1 fully saturated rings. The minimum Gasteiger partial charge on any atom is -0.508 e. The number of carboxylic acids is 3. The number of hydrogen-bond acceptors (Lipinski definition) is 19. The highest BCUT2D eigenvalue weighted by atomic mass is 16.4. The summed E-state index contributed by atoms with van der Waals surface area (Å²) in [6, 6.07) is 36.7. The molecule has 6 rings (SSSR count). The molecule has 2 unspecified atom stereocenters. The Hall–Kier alpha value is -10.4. The quantitative estimate of drug-likeness (QED) is 0.0114. The summed E-state index contributed by atoms with van der Waals surface area (Å²) >= 11 is 0. The number of nitrogens with zero attached hydrogens (tertiary/aromatic N) is 5. The number of phenolic OH excluding ortho intramolecular Hbond substituents is 1. The second-order valence-electron chi connectivity index (χ2n) is 24.6. The van der Waals surface area contributed by atoms with E-state index >= 15 is 0 Å². The van der Waals surface area contributed by atoms with E-state index in [0.717, 1.165) is 27.9 Å². The van der Waals surface area contributed by atoms with Crippen LogP contribution in [-0.4, -0.2) is 241 Å². The van der Waals surface area contributed by atoms with E-state index in [1.165, 1.54) is 12.1 Å². The Morgan fingerprint density at radius 3 is 1.66 bits per heavy atom. The Kier molecular flexibility index (Phi) is 34.8. The number of urea groups is 1. The van der Waals surface area contributed by atoms with Gasteiger partial charge in [0.05, 0.1) is 37.6 Å². The first-order chi connectivity index (χ1) is 49.2. The summed E-state index contributed by atoms with van der Waals surface area (Å²) in [6.07, 6.45) is 1.52. The molecule has 1 saturated heterocycles. The maximum Gasteiger partial charge on any atom is 0.321 e. The molecule has 0 radical (unpaired) electrons. The molecule has 30 nitrogen and oxygen atoms in total. The third kappa shape index (κ3) is 29.8. The van der Waals surface area contributed by atoms with Crippen LogP contribution >= 0.6 is 0 Å². The number of carboxylic acid groups (broad SMARTS) is 3. The zero-order chi connectivity index (χ0) is 73.6. The number of carbonyl (C=O) groups is 10. The van der Waals surface area contributed by atoms with E-state index in [2.05, 4.69) is 52.8 Å². The largest absolute Gasteiger partial charge is 0.508 e. The van der Waals surface area contributed by atoms with Crippen molar-refractivity contribution in [3.8, 4) is 16.9 Å². The van der Waals surface area contributed by atoms with Crippen molar-refractivity contribution < 1.29 is 68.4 Å². The lowest BCUT2D eigenvalue weighted by Gasteiger charge is -2.36. The number of carbonyl (C=O) groups excluding carboxylic acids is 7. The molecule has 0 saturated carbocycles. The van der Waals surface area contributed by atoms with Gasteiger partial charge in [-0.05, 0) is 96.2 Å². The minimum atomic E-state index is -1.10. The normalized spacial score (nSPS) is 15.1. The first kappa shape index (κ1) is 80.6. The highest BCUT2D eigenvalue weighted by Crippen LogP contribution is 2.27. The van der Waals surface area contributed by atoms with Gasteiger partial charge < -0.3 is 73.9 Å². The number of rotatable bonds is 39. The van der Waals surface area contributed by atoms with Crippen LogP contribution in [0, 0.1) is 0 Å².